The van der Waals surface area contributed by atoms with Gasteiger partial charge >= 0.3 is 6.09 Å². The van der Waals surface area contributed by atoms with E-state index in [1.165, 1.54) is 0 Å². The molecule has 0 radical (unpaired) electrons. The number of imide groups is 1. The zero-order chi connectivity index (χ0) is 13.5. The molecule has 0 atom stereocenters. The third kappa shape index (κ3) is 4.22. The summed E-state index contributed by atoms with van der Waals surface area (Å²) in [5.41, 5.74) is 1.55. The molecule has 1 rings (SSSR count). The number of hydroxylamine groups is 1. The standard InChI is InChI=1S/C9H11N3O6/c13-6(5-18-11-9(16)17)10-3-4-12-7(14)1-2-8(12)15/h1-2,11H,3-5H2,(H,10,13)(H,16,17). The molecule has 0 aromatic carbocycles. The van der Waals surface area contributed by atoms with Gasteiger partial charge < -0.3 is 10.4 Å². The maximum atomic E-state index is 11.1. The number of carbonyl (C=O) groups is 4. The van der Waals surface area contributed by atoms with Crippen LogP contribution < -0.4 is 10.8 Å². The van der Waals surface area contributed by atoms with Crippen LogP contribution in [0.3, 0.4) is 0 Å². The highest BCUT2D eigenvalue weighted by atomic mass is 16.7. The molecule has 98 valence electrons. The van der Waals surface area contributed by atoms with Crippen LogP contribution in [-0.2, 0) is 19.2 Å². The summed E-state index contributed by atoms with van der Waals surface area (Å²) in [4.78, 5) is 48.6. The van der Waals surface area contributed by atoms with Crippen molar-refractivity contribution < 1.29 is 29.1 Å². The van der Waals surface area contributed by atoms with Gasteiger partial charge in [-0.15, -0.1) is 0 Å². The van der Waals surface area contributed by atoms with Crippen LogP contribution in [0.4, 0.5) is 4.79 Å². The molecule has 0 saturated carbocycles. The van der Waals surface area contributed by atoms with E-state index < -0.39 is 30.4 Å². The van der Waals surface area contributed by atoms with Gasteiger partial charge in [-0.3, -0.25) is 24.1 Å². The number of nitrogens with zero attached hydrogens (tertiary/aromatic N) is 1. The molecule has 18 heavy (non-hydrogen) atoms. The molecule has 0 aromatic heterocycles. The second kappa shape index (κ2) is 6.35. The van der Waals surface area contributed by atoms with Crippen LogP contribution in [0.15, 0.2) is 12.2 Å². The molecular formula is C9H11N3O6. The molecule has 0 bridgehead atoms. The molecule has 1 aliphatic heterocycles. The SMILES string of the molecule is O=C(O)NOCC(=O)NCCN1C(=O)C=CC1=O. The van der Waals surface area contributed by atoms with Gasteiger partial charge in [-0.2, -0.15) is 5.48 Å². The molecular weight excluding hydrogens is 246 g/mol. The number of amides is 4. The Labute approximate surface area is 101 Å². The Bertz CT molecular complexity index is 387. The lowest BCUT2D eigenvalue weighted by Gasteiger charge is -2.13. The van der Waals surface area contributed by atoms with E-state index in [0.717, 1.165) is 17.1 Å². The zero-order valence-corrected chi connectivity index (χ0v) is 9.21. The minimum absolute atomic E-state index is 0.0444. The normalized spacial score (nSPS) is 13.9. The molecule has 0 unspecified atom stereocenters. The van der Waals surface area contributed by atoms with Gasteiger partial charge in [-0.05, 0) is 0 Å². The van der Waals surface area contributed by atoms with E-state index in [1.54, 1.807) is 5.48 Å². The van der Waals surface area contributed by atoms with Gasteiger partial charge in [0.15, 0.2) is 6.61 Å². The number of rotatable bonds is 6. The van der Waals surface area contributed by atoms with Crippen molar-refractivity contribution in [1.29, 1.82) is 0 Å². The van der Waals surface area contributed by atoms with Gasteiger partial charge in [0.1, 0.15) is 0 Å². The smallest absolute Gasteiger partial charge is 0.428 e. The Kier molecular flexibility index (Phi) is 4.81. The summed E-state index contributed by atoms with van der Waals surface area (Å²) in [6, 6.07) is 0. The van der Waals surface area contributed by atoms with Crippen molar-refractivity contribution in [2.75, 3.05) is 19.7 Å². The van der Waals surface area contributed by atoms with E-state index in [9.17, 15) is 19.2 Å². The van der Waals surface area contributed by atoms with Crippen molar-refractivity contribution in [3.8, 4) is 0 Å². The Morgan fingerprint density at radius 2 is 1.89 bits per heavy atom. The van der Waals surface area contributed by atoms with Crippen LogP contribution in [0, 0.1) is 0 Å². The highest BCUT2D eigenvalue weighted by molar-refractivity contribution is 6.12. The van der Waals surface area contributed by atoms with Crippen molar-refractivity contribution >= 4 is 23.8 Å². The lowest BCUT2D eigenvalue weighted by atomic mass is 10.5. The fourth-order valence-corrected chi connectivity index (χ4v) is 1.17. The van der Waals surface area contributed by atoms with Crippen LogP contribution in [0.5, 0.6) is 0 Å². The topological polar surface area (TPSA) is 125 Å². The zero-order valence-electron chi connectivity index (χ0n) is 9.21. The first-order valence-corrected chi connectivity index (χ1v) is 4.91. The molecule has 3 N–H and O–H groups in total. The Balaban J connectivity index is 2.14. The van der Waals surface area contributed by atoms with Gasteiger partial charge in [0.05, 0.1) is 0 Å². The van der Waals surface area contributed by atoms with Crippen molar-refractivity contribution in [3.05, 3.63) is 12.2 Å². The molecule has 9 heteroatoms. The predicted octanol–water partition coefficient (Wildman–Crippen LogP) is -1.77. The minimum Gasteiger partial charge on any atom is -0.464 e. The molecule has 0 aromatic rings. The first kappa shape index (κ1) is 13.6. The second-order valence-corrected chi connectivity index (χ2v) is 3.21. The third-order valence-electron chi connectivity index (χ3n) is 1.92. The van der Waals surface area contributed by atoms with Gasteiger partial charge in [0.2, 0.25) is 5.91 Å². The number of nitrogens with one attached hydrogen (secondary N) is 2. The highest BCUT2D eigenvalue weighted by Gasteiger charge is 2.22. The van der Waals surface area contributed by atoms with Gasteiger partial charge in [-0.1, -0.05) is 0 Å². The quantitative estimate of drug-likeness (QED) is 0.382. The molecule has 0 saturated heterocycles. The van der Waals surface area contributed by atoms with Gasteiger partial charge in [-0.25, -0.2) is 4.79 Å². The number of carbonyl (C=O) groups excluding carboxylic acids is 3. The number of carboxylic acid groups (broad SMARTS) is 1. The lowest BCUT2D eigenvalue weighted by molar-refractivity contribution is -0.137. The van der Waals surface area contributed by atoms with E-state index in [4.69, 9.17) is 5.11 Å². The number of hydrogen-bond donors (Lipinski definition) is 3. The summed E-state index contributed by atoms with van der Waals surface area (Å²) >= 11 is 0. The first-order chi connectivity index (χ1) is 8.50. The Morgan fingerprint density at radius 1 is 1.28 bits per heavy atom. The number of hydrogen-bond acceptors (Lipinski definition) is 5. The summed E-state index contributed by atoms with van der Waals surface area (Å²) in [6.07, 6.45) is 0.871. The molecule has 0 fully saturated rings. The predicted molar refractivity (Wildman–Crippen MR) is 56.0 cm³/mol. The fraction of sp³-hybridized carbons (Fsp3) is 0.333. The maximum absolute atomic E-state index is 11.1. The van der Waals surface area contributed by atoms with Crippen LogP contribution in [0.25, 0.3) is 0 Å². The average Bonchev–Trinajstić information content (AvgIpc) is 2.60. The first-order valence-electron chi connectivity index (χ1n) is 4.91. The summed E-state index contributed by atoms with van der Waals surface area (Å²) in [7, 11) is 0. The third-order valence-corrected chi connectivity index (χ3v) is 1.92. The van der Waals surface area contributed by atoms with Gasteiger partial charge in [0, 0.05) is 25.2 Å². The van der Waals surface area contributed by atoms with Crippen molar-refractivity contribution in [2.24, 2.45) is 0 Å². The lowest BCUT2D eigenvalue weighted by Crippen LogP contribution is -2.40. The summed E-state index contributed by atoms with van der Waals surface area (Å²) < 4.78 is 0. The monoisotopic (exact) mass is 257 g/mol. The van der Waals surface area contributed by atoms with Crippen LogP contribution in [-0.4, -0.2) is 53.5 Å². The van der Waals surface area contributed by atoms with E-state index >= 15 is 0 Å². The second-order valence-electron chi connectivity index (χ2n) is 3.21. The van der Waals surface area contributed by atoms with E-state index in [0.29, 0.717) is 0 Å². The fourth-order valence-electron chi connectivity index (χ4n) is 1.17. The summed E-state index contributed by atoms with van der Waals surface area (Å²) in [6.45, 7) is -0.385. The molecule has 4 amide bonds. The van der Waals surface area contributed by atoms with Crippen molar-refractivity contribution in [1.82, 2.24) is 15.7 Å². The molecule has 0 spiro atoms. The molecule has 1 aliphatic rings. The van der Waals surface area contributed by atoms with Crippen LogP contribution >= 0.6 is 0 Å². The van der Waals surface area contributed by atoms with Crippen molar-refractivity contribution in [3.63, 3.8) is 0 Å². The van der Waals surface area contributed by atoms with Crippen molar-refractivity contribution in [2.45, 2.75) is 0 Å². The van der Waals surface area contributed by atoms with E-state index in [1.807, 2.05) is 0 Å². The molecule has 1 heterocycles. The Hall–Kier alpha value is -2.42. The summed E-state index contributed by atoms with van der Waals surface area (Å²) in [5.74, 6) is -1.44. The van der Waals surface area contributed by atoms with E-state index in [-0.39, 0.29) is 13.1 Å². The van der Waals surface area contributed by atoms with Crippen LogP contribution in [0.2, 0.25) is 0 Å². The minimum atomic E-state index is -1.41. The van der Waals surface area contributed by atoms with Gasteiger partial charge in [0.25, 0.3) is 11.8 Å². The molecule has 9 nitrogen and oxygen atoms in total. The largest absolute Gasteiger partial charge is 0.464 e. The highest BCUT2D eigenvalue weighted by Crippen LogP contribution is 2.01. The Morgan fingerprint density at radius 3 is 2.44 bits per heavy atom. The van der Waals surface area contributed by atoms with E-state index in [2.05, 4.69) is 10.2 Å². The summed E-state index contributed by atoms with van der Waals surface area (Å²) in [5, 5.41) is 10.5. The molecule has 0 aliphatic carbocycles. The van der Waals surface area contributed by atoms with Crippen LogP contribution in [0.1, 0.15) is 0 Å². The maximum Gasteiger partial charge on any atom is 0.428 e. The average molecular weight is 257 g/mol.